The van der Waals surface area contributed by atoms with Crippen molar-refractivity contribution < 1.29 is 13.2 Å². The van der Waals surface area contributed by atoms with E-state index in [0.29, 0.717) is 29.3 Å². The number of thiophene rings is 1. The van der Waals surface area contributed by atoms with Gasteiger partial charge in [-0.05, 0) is 42.5 Å². The molecule has 2 aromatic rings. The topological polar surface area (TPSA) is 66.5 Å². The van der Waals surface area contributed by atoms with Gasteiger partial charge in [-0.1, -0.05) is 28.1 Å². The summed E-state index contributed by atoms with van der Waals surface area (Å²) >= 11 is 4.57. The minimum absolute atomic E-state index is 0.140. The number of hydrogen-bond acceptors (Lipinski definition) is 4. The van der Waals surface area contributed by atoms with Gasteiger partial charge in [0.1, 0.15) is 4.21 Å². The van der Waals surface area contributed by atoms with E-state index in [4.69, 9.17) is 0 Å². The number of nitrogens with zero attached hydrogens (tertiary/aromatic N) is 1. The summed E-state index contributed by atoms with van der Waals surface area (Å²) in [5, 5.41) is 4.62. The molecule has 0 bridgehead atoms. The molecule has 1 aromatic carbocycles. The largest absolute Gasteiger partial charge is 0.326 e. The maximum absolute atomic E-state index is 12.6. The highest BCUT2D eigenvalue weighted by molar-refractivity contribution is 9.10. The van der Waals surface area contributed by atoms with Crippen LogP contribution in [0.2, 0.25) is 0 Å². The first-order chi connectivity index (χ1) is 11.5. The van der Waals surface area contributed by atoms with Crippen LogP contribution in [-0.2, 0) is 14.8 Å². The second-order valence-electron chi connectivity index (χ2n) is 5.63. The van der Waals surface area contributed by atoms with Crippen LogP contribution in [0.5, 0.6) is 0 Å². The van der Waals surface area contributed by atoms with Gasteiger partial charge in [-0.2, -0.15) is 4.31 Å². The van der Waals surface area contributed by atoms with Gasteiger partial charge >= 0.3 is 0 Å². The van der Waals surface area contributed by atoms with Crippen molar-refractivity contribution >= 4 is 48.9 Å². The summed E-state index contributed by atoms with van der Waals surface area (Å²) in [6, 6.07) is 10.7. The van der Waals surface area contributed by atoms with Crippen LogP contribution in [-0.4, -0.2) is 31.7 Å². The lowest BCUT2D eigenvalue weighted by Crippen LogP contribution is -2.43. The first-order valence-corrected chi connectivity index (χ1v) is 10.7. The zero-order chi connectivity index (χ0) is 17.2. The van der Waals surface area contributed by atoms with E-state index in [9.17, 15) is 13.2 Å². The summed E-state index contributed by atoms with van der Waals surface area (Å²) in [6.07, 6.45) is 1.37. The Morgan fingerprint density at radius 2 is 2.12 bits per heavy atom. The van der Waals surface area contributed by atoms with E-state index >= 15 is 0 Å². The lowest BCUT2D eigenvalue weighted by Gasteiger charge is -2.30. The molecule has 1 amide bonds. The van der Waals surface area contributed by atoms with Crippen LogP contribution in [0.15, 0.2) is 50.5 Å². The Morgan fingerprint density at radius 3 is 2.83 bits per heavy atom. The van der Waals surface area contributed by atoms with Gasteiger partial charge in [0.15, 0.2) is 0 Å². The van der Waals surface area contributed by atoms with Crippen molar-refractivity contribution in [1.82, 2.24) is 4.31 Å². The summed E-state index contributed by atoms with van der Waals surface area (Å²) in [7, 11) is -3.50. The van der Waals surface area contributed by atoms with Crippen LogP contribution in [0, 0.1) is 5.92 Å². The molecule has 2 heterocycles. The molecule has 1 atom stereocenters. The SMILES string of the molecule is O=C(Nc1cccc(Br)c1)[C@@H]1CCCN(S(=O)(=O)c2cccs2)C1. The van der Waals surface area contributed by atoms with E-state index in [-0.39, 0.29) is 18.4 Å². The van der Waals surface area contributed by atoms with Crippen LogP contribution in [0.25, 0.3) is 0 Å². The average molecular weight is 429 g/mol. The Morgan fingerprint density at radius 1 is 1.29 bits per heavy atom. The van der Waals surface area contributed by atoms with E-state index in [0.717, 1.165) is 4.47 Å². The minimum atomic E-state index is -3.50. The van der Waals surface area contributed by atoms with Crippen molar-refractivity contribution in [3.05, 3.63) is 46.3 Å². The molecule has 0 radical (unpaired) electrons. The Labute approximate surface area is 153 Å². The third kappa shape index (κ3) is 3.88. The molecule has 1 N–H and O–H groups in total. The maximum Gasteiger partial charge on any atom is 0.252 e. The van der Waals surface area contributed by atoms with E-state index in [1.807, 2.05) is 24.3 Å². The number of halogens is 1. The normalized spacial score (nSPS) is 19.1. The molecule has 3 rings (SSSR count). The molecule has 0 aliphatic carbocycles. The number of nitrogens with one attached hydrogen (secondary N) is 1. The molecule has 1 aliphatic heterocycles. The van der Waals surface area contributed by atoms with E-state index in [2.05, 4.69) is 21.2 Å². The molecule has 1 fully saturated rings. The lowest BCUT2D eigenvalue weighted by molar-refractivity contribution is -0.120. The third-order valence-electron chi connectivity index (χ3n) is 3.94. The molecule has 0 spiro atoms. The number of carbonyl (C=O) groups is 1. The highest BCUT2D eigenvalue weighted by Crippen LogP contribution is 2.27. The molecule has 1 aliphatic rings. The predicted octanol–water partition coefficient (Wildman–Crippen LogP) is 3.55. The van der Waals surface area contributed by atoms with E-state index in [1.165, 1.54) is 15.6 Å². The van der Waals surface area contributed by atoms with Crippen LogP contribution in [0.4, 0.5) is 5.69 Å². The Kier molecular flexibility index (Phi) is 5.39. The smallest absolute Gasteiger partial charge is 0.252 e. The zero-order valence-corrected chi connectivity index (χ0v) is 16.0. The van der Waals surface area contributed by atoms with Gasteiger partial charge in [0.25, 0.3) is 10.0 Å². The van der Waals surface area contributed by atoms with Crippen molar-refractivity contribution in [2.24, 2.45) is 5.92 Å². The van der Waals surface area contributed by atoms with Crippen molar-refractivity contribution in [3.63, 3.8) is 0 Å². The molecule has 1 saturated heterocycles. The minimum Gasteiger partial charge on any atom is -0.326 e. The summed E-state index contributed by atoms with van der Waals surface area (Å²) < 4.78 is 27.9. The second kappa shape index (κ2) is 7.35. The lowest BCUT2D eigenvalue weighted by atomic mass is 9.99. The number of benzene rings is 1. The zero-order valence-electron chi connectivity index (χ0n) is 12.8. The summed E-state index contributed by atoms with van der Waals surface area (Å²) in [5.74, 6) is -0.480. The summed E-state index contributed by atoms with van der Waals surface area (Å²) in [4.78, 5) is 12.5. The van der Waals surface area contributed by atoms with Gasteiger partial charge in [-0.25, -0.2) is 8.42 Å². The summed E-state index contributed by atoms with van der Waals surface area (Å²) in [5.41, 5.74) is 0.701. The van der Waals surface area contributed by atoms with E-state index in [1.54, 1.807) is 17.5 Å². The quantitative estimate of drug-likeness (QED) is 0.809. The van der Waals surface area contributed by atoms with Crippen molar-refractivity contribution in [1.29, 1.82) is 0 Å². The fourth-order valence-corrected chi connectivity index (χ4v) is 5.79. The number of rotatable bonds is 4. The number of hydrogen-bond donors (Lipinski definition) is 1. The average Bonchev–Trinajstić information content (AvgIpc) is 3.10. The summed E-state index contributed by atoms with van der Waals surface area (Å²) in [6.45, 7) is 0.682. The molecule has 0 unspecified atom stereocenters. The molecule has 128 valence electrons. The first kappa shape index (κ1) is 17.6. The number of anilines is 1. The Balaban J connectivity index is 1.70. The Hall–Kier alpha value is -1.22. The van der Waals surface area contributed by atoms with Gasteiger partial charge in [-0.15, -0.1) is 11.3 Å². The maximum atomic E-state index is 12.6. The van der Waals surface area contributed by atoms with Crippen LogP contribution < -0.4 is 5.32 Å². The van der Waals surface area contributed by atoms with Gasteiger partial charge in [0, 0.05) is 23.2 Å². The van der Waals surface area contributed by atoms with Gasteiger partial charge in [0.05, 0.1) is 5.92 Å². The standard InChI is InChI=1S/C16H17BrN2O3S2/c17-13-5-1-6-14(10-13)18-16(20)12-4-2-8-19(11-12)24(21,22)15-7-3-9-23-15/h1,3,5-7,9-10,12H,2,4,8,11H2,(H,18,20)/t12-/m1/s1. The van der Waals surface area contributed by atoms with Gasteiger partial charge < -0.3 is 5.32 Å². The van der Waals surface area contributed by atoms with Crippen LogP contribution in [0.1, 0.15) is 12.8 Å². The number of carbonyl (C=O) groups excluding carboxylic acids is 1. The first-order valence-electron chi connectivity index (χ1n) is 7.57. The highest BCUT2D eigenvalue weighted by Gasteiger charge is 2.33. The number of amides is 1. The number of sulfonamides is 1. The van der Waals surface area contributed by atoms with Crippen LogP contribution >= 0.6 is 27.3 Å². The van der Waals surface area contributed by atoms with Crippen molar-refractivity contribution in [2.45, 2.75) is 17.1 Å². The molecule has 5 nitrogen and oxygen atoms in total. The number of piperidine rings is 1. The molecule has 0 saturated carbocycles. The van der Waals surface area contributed by atoms with Gasteiger partial charge in [0.2, 0.25) is 5.91 Å². The fraction of sp³-hybridized carbons (Fsp3) is 0.312. The Bertz CT molecular complexity index is 822. The predicted molar refractivity (Wildman–Crippen MR) is 98.6 cm³/mol. The van der Waals surface area contributed by atoms with Crippen molar-refractivity contribution in [3.8, 4) is 0 Å². The third-order valence-corrected chi connectivity index (χ3v) is 7.67. The monoisotopic (exact) mass is 428 g/mol. The highest BCUT2D eigenvalue weighted by atomic mass is 79.9. The molecular weight excluding hydrogens is 412 g/mol. The van der Waals surface area contributed by atoms with E-state index < -0.39 is 10.0 Å². The molecule has 8 heteroatoms. The molecule has 24 heavy (non-hydrogen) atoms. The fourth-order valence-electron chi connectivity index (χ4n) is 2.72. The molecular formula is C16H17BrN2O3S2. The second-order valence-corrected chi connectivity index (χ2v) is 9.66. The van der Waals surface area contributed by atoms with Crippen LogP contribution in [0.3, 0.4) is 0 Å². The van der Waals surface area contributed by atoms with Gasteiger partial charge in [-0.3, -0.25) is 4.79 Å². The molecule has 1 aromatic heterocycles. The van der Waals surface area contributed by atoms with Crippen molar-refractivity contribution in [2.75, 3.05) is 18.4 Å².